The van der Waals surface area contributed by atoms with Crippen molar-refractivity contribution in [3.63, 3.8) is 0 Å². The molecule has 172 valence electrons. The fraction of sp³-hybridized carbons (Fsp3) is 0.607. The molecular weight excluding hydrogens is 382 g/mol. The molecule has 0 atom stereocenters. The van der Waals surface area contributed by atoms with Crippen LogP contribution in [0.15, 0.2) is 42.6 Å². The van der Waals surface area contributed by atoms with Gasteiger partial charge in [-0.15, -0.1) is 0 Å². The molecule has 3 nitrogen and oxygen atoms in total. The molecule has 0 amide bonds. The maximum atomic E-state index is 5.86. The van der Waals surface area contributed by atoms with Crippen LogP contribution in [0.1, 0.15) is 90.0 Å². The van der Waals surface area contributed by atoms with Crippen LogP contribution in [0.3, 0.4) is 0 Å². The molecule has 0 aliphatic rings. The third-order valence-corrected chi connectivity index (χ3v) is 5.64. The number of ether oxygens (including phenoxy) is 2. The first-order valence-electron chi connectivity index (χ1n) is 12.6. The van der Waals surface area contributed by atoms with E-state index >= 15 is 0 Å². The van der Waals surface area contributed by atoms with Crippen molar-refractivity contribution >= 4 is 0 Å². The summed E-state index contributed by atoms with van der Waals surface area (Å²) < 4.78 is 11.6. The van der Waals surface area contributed by atoms with Gasteiger partial charge in [0, 0.05) is 25.0 Å². The lowest BCUT2D eigenvalue weighted by Gasteiger charge is -2.08. The third kappa shape index (κ3) is 11.4. The molecule has 0 radical (unpaired) electrons. The van der Waals surface area contributed by atoms with Crippen molar-refractivity contribution in [1.82, 2.24) is 4.98 Å². The van der Waals surface area contributed by atoms with E-state index in [1.54, 1.807) is 0 Å². The Kier molecular flexibility index (Phi) is 13.7. The first-order valence-corrected chi connectivity index (χ1v) is 12.6. The van der Waals surface area contributed by atoms with E-state index in [-0.39, 0.29) is 0 Å². The Morgan fingerprint density at radius 2 is 1.29 bits per heavy atom. The highest BCUT2D eigenvalue weighted by Gasteiger charge is 2.02. The molecular formula is C28H43NO2. The number of benzene rings is 1. The van der Waals surface area contributed by atoms with Gasteiger partial charge in [0.1, 0.15) is 5.75 Å². The zero-order chi connectivity index (χ0) is 22.0. The van der Waals surface area contributed by atoms with E-state index in [1.807, 2.05) is 6.20 Å². The Morgan fingerprint density at radius 1 is 0.645 bits per heavy atom. The zero-order valence-electron chi connectivity index (χ0n) is 19.9. The molecule has 3 heteroatoms. The number of unbranched alkanes of at least 4 members (excludes halogenated alkanes) is 8. The Balaban J connectivity index is 1.62. The first-order chi connectivity index (χ1) is 15.3. The van der Waals surface area contributed by atoms with Gasteiger partial charge in [-0.2, -0.15) is 0 Å². The molecule has 0 fully saturated rings. The number of aromatic nitrogens is 1. The van der Waals surface area contributed by atoms with Crippen LogP contribution in [-0.2, 0) is 11.2 Å². The van der Waals surface area contributed by atoms with Gasteiger partial charge in [0.15, 0.2) is 0 Å². The topological polar surface area (TPSA) is 31.4 Å². The Hall–Kier alpha value is -1.87. The number of hydrogen-bond acceptors (Lipinski definition) is 3. The zero-order valence-corrected chi connectivity index (χ0v) is 19.9. The number of hydrogen-bond donors (Lipinski definition) is 0. The van der Waals surface area contributed by atoms with Crippen LogP contribution in [-0.4, -0.2) is 24.8 Å². The van der Waals surface area contributed by atoms with E-state index in [9.17, 15) is 0 Å². The van der Waals surface area contributed by atoms with Gasteiger partial charge >= 0.3 is 0 Å². The van der Waals surface area contributed by atoms with Crippen LogP contribution in [0.2, 0.25) is 0 Å². The molecule has 31 heavy (non-hydrogen) atoms. The summed E-state index contributed by atoms with van der Waals surface area (Å²) in [6, 6.07) is 12.6. The molecule has 0 N–H and O–H groups in total. The molecule has 0 aliphatic heterocycles. The van der Waals surface area contributed by atoms with Gasteiger partial charge in [0.2, 0.25) is 0 Å². The van der Waals surface area contributed by atoms with Crippen molar-refractivity contribution < 1.29 is 9.47 Å². The largest absolute Gasteiger partial charge is 0.494 e. The molecule has 0 saturated carbocycles. The quantitative estimate of drug-likeness (QED) is 0.227. The predicted molar refractivity (Wildman–Crippen MR) is 132 cm³/mol. The summed E-state index contributed by atoms with van der Waals surface area (Å²) in [5, 5.41) is 0. The van der Waals surface area contributed by atoms with E-state index < -0.39 is 0 Å². The maximum Gasteiger partial charge on any atom is 0.119 e. The van der Waals surface area contributed by atoms with E-state index in [2.05, 4.69) is 55.2 Å². The molecule has 2 aromatic rings. The average Bonchev–Trinajstić information content (AvgIpc) is 2.81. The highest BCUT2D eigenvalue weighted by Crippen LogP contribution is 2.21. The summed E-state index contributed by atoms with van der Waals surface area (Å²) in [7, 11) is 0. The van der Waals surface area contributed by atoms with Crippen LogP contribution in [0.4, 0.5) is 0 Å². The molecule has 1 heterocycles. The molecule has 0 spiro atoms. The van der Waals surface area contributed by atoms with E-state index in [4.69, 9.17) is 9.47 Å². The summed E-state index contributed by atoms with van der Waals surface area (Å²) in [5.74, 6) is 0.946. The number of nitrogens with zero attached hydrogens (tertiary/aromatic N) is 1. The van der Waals surface area contributed by atoms with Crippen LogP contribution >= 0.6 is 0 Å². The number of aryl methyl sites for hydroxylation is 1. The summed E-state index contributed by atoms with van der Waals surface area (Å²) in [5.41, 5.74) is 3.42. The van der Waals surface area contributed by atoms with Gasteiger partial charge in [-0.25, -0.2) is 0 Å². The highest BCUT2D eigenvalue weighted by atomic mass is 16.5. The van der Waals surface area contributed by atoms with Crippen molar-refractivity contribution in [2.24, 2.45) is 0 Å². The van der Waals surface area contributed by atoms with Gasteiger partial charge < -0.3 is 9.47 Å². The lowest BCUT2D eigenvalue weighted by molar-refractivity contribution is 0.127. The smallest absolute Gasteiger partial charge is 0.119 e. The minimum Gasteiger partial charge on any atom is -0.494 e. The molecule has 0 bridgehead atoms. The monoisotopic (exact) mass is 425 g/mol. The molecule has 0 saturated heterocycles. The van der Waals surface area contributed by atoms with Crippen LogP contribution in [0, 0.1) is 0 Å². The fourth-order valence-corrected chi connectivity index (χ4v) is 3.65. The maximum absolute atomic E-state index is 5.86. The fourth-order valence-electron chi connectivity index (χ4n) is 3.65. The third-order valence-electron chi connectivity index (χ3n) is 5.64. The number of pyridine rings is 1. The standard InChI is InChI=1S/C28H43NO2/c1-3-5-7-9-11-21-30-22-13-14-25-15-20-28(29-24-25)26-16-18-27(19-17-26)31-23-12-10-8-6-4-2/h15-20,24H,3-14,21-23H2,1-2H3. The summed E-state index contributed by atoms with van der Waals surface area (Å²) in [4.78, 5) is 4.66. The molecule has 2 rings (SSSR count). The van der Waals surface area contributed by atoms with Crippen LogP contribution in [0.25, 0.3) is 11.3 Å². The second kappa shape index (κ2) is 16.8. The summed E-state index contributed by atoms with van der Waals surface area (Å²) in [6.45, 7) is 7.04. The van der Waals surface area contributed by atoms with Gasteiger partial charge in [-0.1, -0.05) is 71.3 Å². The SMILES string of the molecule is CCCCCCCOCCCc1ccc(-c2ccc(OCCCCCCC)cc2)nc1. The van der Waals surface area contributed by atoms with Gasteiger partial charge in [-0.05, 0) is 61.6 Å². The Bertz CT molecular complexity index is 666. The van der Waals surface area contributed by atoms with Crippen LogP contribution < -0.4 is 4.74 Å². The van der Waals surface area contributed by atoms with E-state index in [1.165, 1.54) is 63.4 Å². The van der Waals surface area contributed by atoms with Crippen molar-refractivity contribution in [3.8, 4) is 17.0 Å². The molecule has 1 aromatic carbocycles. The minimum atomic E-state index is 0.804. The Labute approximate surface area is 190 Å². The lowest BCUT2D eigenvalue weighted by Crippen LogP contribution is -1.99. The van der Waals surface area contributed by atoms with Gasteiger partial charge in [0.05, 0.1) is 12.3 Å². The van der Waals surface area contributed by atoms with E-state index in [0.717, 1.165) is 56.1 Å². The first kappa shape index (κ1) is 25.4. The predicted octanol–water partition coefficient (Wildman–Crippen LogP) is 8.02. The average molecular weight is 426 g/mol. The second-order valence-electron chi connectivity index (χ2n) is 8.47. The van der Waals surface area contributed by atoms with E-state index in [0.29, 0.717) is 0 Å². The lowest BCUT2D eigenvalue weighted by atomic mass is 10.1. The Morgan fingerprint density at radius 3 is 1.94 bits per heavy atom. The summed E-state index contributed by atoms with van der Waals surface area (Å²) >= 11 is 0. The second-order valence-corrected chi connectivity index (χ2v) is 8.47. The van der Waals surface area contributed by atoms with Gasteiger partial charge in [-0.3, -0.25) is 4.98 Å². The molecule has 1 aromatic heterocycles. The van der Waals surface area contributed by atoms with Crippen molar-refractivity contribution in [3.05, 3.63) is 48.2 Å². The minimum absolute atomic E-state index is 0.804. The van der Waals surface area contributed by atoms with Crippen molar-refractivity contribution in [2.75, 3.05) is 19.8 Å². The van der Waals surface area contributed by atoms with Crippen LogP contribution in [0.5, 0.6) is 5.75 Å². The highest BCUT2D eigenvalue weighted by molar-refractivity contribution is 5.60. The molecule has 0 unspecified atom stereocenters. The summed E-state index contributed by atoms with van der Waals surface area (Å²) in [6.07, 6.45) is 16.9. The van der Waals surface area contributed by atoms with Crippen molar-refractivity contribution in [2.45, 2.75) is 90.9 Å². The van der Waals surface area contributed by atoms with Crippen molar-refractivity contribution in [1.29, 1.82) is 0 Å². The number of rotatable bonds is 18. The molecule has 0 aliphatic carbocycles. The van der Waals surface area contributed by atoms with Gasteiger partial charge in [0.25, 0.3) is 0 Å². The normalized spacial score (nSPS) is 11.0.